The minimum Gasteiger partial charge on any atom is -0.379 e. The van der Waals surface area contributed by atoms with Gasteiger partial charge < -0.3 is 4.74 Å². The number of aromatic nitrogens is 1. The molecule has 1 aromatic heterocycles. The largest absolute Gasteiger partial charge is 0.379 e. The summed E-state index contributed by atoms with van der Waals surface area (Å²) in [5.41, 5.74) is 0.308. The fraction of sp³-hybridized carbons (Fsp3) is 0.625. The normalized spacial score (nSPS) is 18.3. The van der Waals surface area contributed by atoms with Crippen LogP contribution in [0.15, 0.2) is 4.21 Å². The van der Waals surface area contributed by atoms with Crippen molar-refractivity contribution in [1.29, 1.82) is 0 Å². The first-order valence-electron chi connectivity index (χ1n) is 4.73. The van der Waals surface area contributed by atoms with Gasteiger partial charge in [0.05, 0.1) is 17.7 Å². The topological polar surface area (TPSA) is 59.5 Å². The van der Waals surface area contributed by atoms with Crippen LogP contribution in [-0.4, -0.2) is 44.0 Å². The summed E-state index contributed by atoms with van der Waals surface area (Å²) >= 11 is 12.3. The van der Waals surface area contributed by atoms with Crippen LogP contribution in [-0.2, 0) is 20.6 Å². The number of methoxy groups -OCH3 is 1. The van der Waals surface area contributed by atoms with Gasteiger partial charge in [0, 0.05) is 20.2 Å². The molecular weight excluding hydrogens is 307 g/mol. The van der Waals surface area contributed by atoms with Crippen LogP contribution in [0.5, 0.6) is 0 Å². The lowest BCUT2D eigenvalue weighted by Crippen LogP contribution is -2.54. The Morgan fingerprint density at radius 2 is 2.24 bits per heavy atom. The van der Waals surface area contributed by atoms with Crippen molar-refractivity contribution in [3.05, 3.63) is 10.2 Å². The average Bonchev–Trinajstić information content (AvgIpc) is 2.58. The predicted molar refractivity (Wildman–Crippen MR) is 66.2 cm³/mol. The molecule has 1 aliphatic rings. The highest BCUT2D eigenvalue weighted by Crippen LogP contribution is 2.32. The van der Waals surface area contributed by atoms with Crippen molar-refractivity contribution < 1.29 is 13.2 Å². The first kappa shape index (κ1) is 13.5. The lowest BCUT2D eigenvalue weighted by atomic mass is 10.2. The van der Waals surface area contributed by atoms with Gasteiger partial charge in [-0.15, -0.1) is 11.6 Å². The Labute approximate surface area is 113 Å². The van der Waals surface area contributed by atoms with Gasteiger partial charge in [0.15, 0.2) is 8.68 Å². The summed E-state index contributed by atoms with van der Waals surface area (Å²) < 4.78 is 31.1. The molecule has 5 nitrogen and oxygen atoms in total. The minimum absolute atomic E-state index is 0.0271. The van der Waals surface area contributed by atoms with E-state index in [2.05, 4.69) is 4.98 Å². The van der Waals surface area contributed by atoms with Gasteiger partial charge in [-0.05, 0) is 0 Å². The van der Waals surface area contributed by atoms with Crippen molar-refractivity contribution in [3.63, 3.8) is 0 Å². The highest BCUT2D eigenvalue weighted by molar-refractivity contribution is 7.91. The van der Waals surface area contributed by atoms with Crippen LogP contribution in [0, 0.1) is 0 Å². The fourth-order valence-corrected chi connectivity index (χ4v) is 5.18. The molecule has 96 valence electrons. The Kier molecular flexibility index (Phi) is 3.96. The number of hydrogen-bond donors (Lipinski definition) is 0. The van der Waals surface area contributed by atoms with Crippen LogP contribution >= 0.6 is 34.5 Å². The number of nitrogens with zero attached hydrogens (tertiary/aromatic N) is 2. The molecule has 0 spiro atoms. The summed E-state index contributed by atoms with van der Waals surface area (Å²) in [5, 5.41) is 0. The van der Waals surface area contributed by atoms with Crippen molar-refractivity contribution in [1.82, 2.24) is 9.29 Å². The number of ether oxygens (including phenoxy) is 1. The summed E-state index contributed by atoms with van der Waals surface area (Å²) in [7, 11) is -1.97. The molecule has 0 N–H and O–H groups in total. The Hall–Kier alpha value is 0.0800. The molecule has 2 heterocycles. The molecule has 0 unspecified atom stereocenters. The molecule has 1 saturated heterocycles. The monoisotopic (exact) mass is 316 g/mol. The molecule has 0 saturated carbocycles. The summed E-state index contributed by atoms with van der Waals surface area (Å²) in [5.74, 6) is 0.0271. The van der Waals surface area contributed by atoms with Crippen LogP contribution in [0.1, 0.15) is 5.69 Å². The van der Waals surface area contributed by atoms with E-state index in [1.165, 1.54) is 4.31 Å². The van der Waals surface area contributed by atoms with Gasteiger partial charge in [-0.2, -0.15) is 4.31 Å². The van der Waals surface area contributed by atoms with Gasteiger partial charge in [0.25, 0.3) is 10.0 Å². The molecule has 0 bridgehead atoms. The van der Waals surface area contributed by atoms with E-state index in [4.69, 9.17) is 27.9 Å². The number of halogens is 2. The van der Waals surface area contributed by atoms with Crippen molar-refractivity contribution in [2.45, 2.75) is 16.2 Å². The maximum Gasteiger partial charge on any atom is 0.254 e. The summed E-state index contributed by atoms with van der Waals surface area (Å²) in [6.45, 7) is 0.714. The average molecular weight is 317 g/mol. The van der Waals surface area contributed by atoms with Gasteiger partial charge >= 0.3 is 0 Å². The number of hydrogen-bond acceptors (Lipinski definition) is 5. The Morgan fingerprint density at radius 1 is 1.59 bits per heavy atom. The van der Waals surface area contributed by atoms with Gasteiger partial charge in [-0.1, -0.05) is 22.9 Å². The summed E-state index contributed by atoms with van der Waals surface area (Å²) in [6.07, 6.45) is -0.0346. The van der Waals surface area contributed by atoms with E-state index in [1.807, 2.05) is 0 Å². The number of alkyl halides is 1. The van der Waals surface area contributed by atoms with E-state index >= 15 is 0 Å². The molecule has 0 aliphatic carbocycles. The molecule has 17 heavy (non-hydrogen) atoms. The molecule has 0 radical (unpaired) electrons. The molecule has 1 aliphatic heterocycles. The quantitative estimate of drug-likeness (QED) is 0.791. The summed E-state index contributed by atoms with van der Waals surface area (Å²) in [6, 6.07) is 0. The zero-order valence-corrected chi connectivity index (χ0v) is 12.0. The third-order valence-electron chi connectivity index (χ3n) is 2.48. The second-order valence-electron chi connectivity index (χ2n) is 3.51. The maximum atomic E-state index is 12.2. The second-order valence-corrected chi connectivity index (χ2v) is 7.50. The van der Waals surface area contributed by atoms with E-state index in [-0.39, 0.29) is 20.7 Å². The lowest BCUT2D eigenvalue weighted by molar-refractivity contribution is 0.0125. The maximum absolute atomic E-state index is 12.2. The van der Waals surface area contributed by atoms with E-state index < -0.39 is 10.0 Å². The Morgan fingerprint density at radius 3 is 2.76 bits per heavy atom. The molecule has 0 amide bonds. The molecule has 0 aromatic carbocycles. The predicted octanol–water partition coefficient (Wildman–Crippen LogP) is 1.55. The van der Waals surface area contributed by atoms with E-state index in [0.29, 0.717) is 18.8 Å². The van der Waals surface area contributed by atoms with Crippen molar-refractivity contribution in [3.8, 4) is 0 Å². The molecule has 0 atom stereocenters. The lowest BCUT2D eigenvalue weighted by Gasteiger charge is -2.36. The van der Waals surface area contributed by atoms with Gasteiger partial charge in [-0.25, -0.2) is 13.4 Å². The smallest absolute Gasteiger partial charge is 0.254 e. The zero-order valence-electron chi connectivity index (χ0n) is 8.89. The zero-order chi connectivity index (χ0) is 12.6. The first-order chi connectivity index (χ1) is 7.98. The minimum atomic E-state index is -3.53. The third-order valence-corrected chi connectivity index (χ3v) is 6.30. The van der Waals surface area contributed by atoms with Crippen molar-refractivity contribution >= 4 is 44.6 Å². The van der Waals surface area contributed by atoms with E-state index in [9.17, 15) is 8.42 Å². The molecule has 9 heteroatoms. The molecule has 1 aromatic rings. The molecule has 1 fully saturated rings. The standard InChI is InChI=1S/C8H10Cl2N2O3S2/c1-15-5-3-12(4-5)17(13,14)7-6(2-9)11-8(10)16-7/h5H,2-4H2,1H3. The van der Waals surface area contributed by atoms with Crippen molar-refractivity contribution in [2.24, 2.45) is 0 Å². The molecule has 2 rings (SSSR count). The van der Waals surface area contributed by atoms with Gasteiger partial charge in [0.1, 0.15) is 0 Å². The van der Waals surface area contributed by atoms with Crippen LogP contribution in [0.4, 0.5) is 0 Å². The Bertz CT molecular complexity index is 511. The fourth-order valence-electron chi connectivity index (χ4n) is 1.46. The number of rotatable bonds is 4. The van der Waals surface area contributed by atoms with Crippen LogP contribution in [0.25, 0.3) is 0 Å². The molecular formula is C8H10Cl2N2O3S2. The first-order valence-corrected chi connectivity index (χ1v) is 7.90. The van der Waals surface area contributed by atoms with Gasteiger partial charge in [0.2, 0.25) is 0 Å². The third kappa shape index (κ3) is 2.45. The number of thiazole rings is 1. The number of sulfonamides is 1. The van der Waals surface area contributed by atoms with Crippen LogP contribution < -0.4 is 0 Å². The highest BCUT2D eigenvalue weighted by Gasteiger charge is 2.39. The Balaban J connectivity index is 2.26. The van der Waals surface area contributed by atoms with Crippen molar-refractivity contribution in [2.75, 3.05) is 20.2 Å². The SMILES string of the molecule is COC1CN(S(=O)(=O)c2sc(Cl)nc2CCl)C1. The van der Waals surface area contributed by atoms with Crippen LogP contribution in [0.2, 0.25) is 4.47 Å². The van der Waals surface area contributed by atoms with E-state index in [0.717, 1.165) is 11.3 Å². The van der Waals surface area contributed by atoms with Gasteiger partial charge in [-0.3, -0.25) is 0 Å². The summed E-state index contributed by atoms with van der Waals surface area (Å²) in [4.78, 5) is 3.89. The van der Waals surface area contributed by atoms with E-state index in [1.54, 1.807) is 7.11 Å². The van der Waals surface area contributed by atoms with Crippen LogP contribution in [0.3, 0.4) is 0 Å². The highest BCUT2D eigenvalue weighted by atomic mass is 35.5. The second kappa shape index (κ2) is 4.99.